The monoisotopic (exact) mass is 774 g/mol. The van der Waals surface area contributed by atoms with Gasteiger partial charge in [0.15, 0.2) is 0 Å². The molecule has 2 aromatic carbocycles. The molecule has 4 aliphatic rings. The minimum Gasteiger partial charge on any atom is -0.509 e. The van der Waals surface area contributed by atoms with Crippen molar-refractivity contribution in [2.24, 2.45) is 21.8 Å². The maximum Gasteiger partial charge on any atom is 0.128 e. The molecule has 0 aromatic heterocycles. The highest BCUT2D eigenvalue weighted by molar-refractivity contribution is 5.94. The molecule has 0 radical (unpaired) electrons. The number of fused-ring (bicyclic) bond motifs is 2. The number of morpholine rings is 2. The predicted octanol–water partition coefficient (Wildman–Crippen LogP) is 5.73. The van der Waals surface area contributed by atoms with Crippen molar-refractivity contribution in [3.05, 3.63) is 57.0 Å². The lowest BCUT2D eigenvalue weighted by Crippen LogP contribution is -2.37. The average molecular weight is 775 g/mol. The van der Waals surface area contributed by atoms with Crippen molar-refractivity contribution < 1.29 is 40.1 Å². The van der Waals surface area contributed by atoms with Crippen molar-refractivity contribution in [3.63, 3.8) is 0 Å². The van der Waals surface area contributed by atoms with Crippen LogP contribution in [0.15, 0.2) is 33.6 Å². The standard InChI is InChI=1S/C44H62N4O8/c1-25(2)33-29-21-27(5)35(41(51)37(29)31(39(49)43(33)53)23-45-9-7-11-47-13-17-55-18-14-47)36-28(6)22-30-34(26(3)4)44(54)40(50)32(38(30)42(36)52)24-46-10-8-12-48-15-19-56-20-16-48/h21-26,31-32,39-40,49-54H,7-20H2,1-6H3. The van der Waals surface area contributed by atoms with Gasteiger partial charge in [0.25, 0.3) is 0 Å². The summed E-state index contributed by atoms with van der Waals surface area (Å²) in [5.41, 5.74) is 5.35. The second-order valence-corrected chi connectivity index (χ2v) is 16.3. The molecule has 0 amide bonds. The van der Waals surface area contributed by atoms with Gasteiger partial charge in [0.1, 0.15) is 35.2 Å². The van der Waals surface area contributed by atoms with Crippen molar-refractivity contribution >= 4 is 23.6 Å². The number of benzene rings is 2. The Labute approximate surface area is 331 Å². The first-order valence-corrected chi connectivity index (χ1v) is 20.4. The fraction of sp³-hybridized carbons (Fsp3) is 0.591. The van der Waals surface area contributed by atoms with Crippen LogP contribution in [-0.2, 0) is 9.47 Å². The van der Waals surface area contributed by atoms with E-state index in [-0.39, 0.29) is 34.9 Å². The van der Waals surface area contributed by atoms with E-state index in [0.717, 1.165) is 78.5 Å². The van der Waals surface area contributed by atoms with Crippen LogP contribution in [0.2, 0.25) is 0 Å². The summed E-state index contributed by atoms with van der Waals surface area (Å²) in [5, 5.41) is 70.8. The highest BCUT2D eigenvalue weighted by Crippen LogP contribution is 2.54. The second-order valence-electron chi connectivity index (χ2n) is 16.3. The number of phenolic OH excluding ortho intramolecular Hbond substituents is 2. The van der Waals surface area contributed by atoms with Crippen LogP contribution in [-0.4, -0.2) is 144 Å². The Bertz CT molecular complexity index is 1720. The summed E-state index contributed by atoms with van der Waals surface area (Å²) in [6, 6.07) is 3.82. The maximum atomic E-state index is 12.4. The average Bonchev–Trinajstić information content (AvgIpc) is 3.16. The lowest BCUT2D eigenvalue weighted by atomic mass is 9.72. The lowest BCUT2D eigenvalue weighted by Gasteiger charge is -2.35. The number of rotatable bonds is 13. The van der Waals surface area contributed by atoms with Gasteiger partial charge < -0.3 is 40.1 Å². The van der Waals surface area contributed by atoms with Gasteiger partial charge in [0.05, 0.1) is 38.3 Å². The Balaban J connectivity index is 1.41. The number of hydrogen-bond acceptors (Lipinski definition) is 12. The Kier molecular flexibility index (Phi) is 13.6. The zero-order valence-electron chi connectivity index (χ0n) is 34.0. The third-order valence-corrected chi connectivity index (χ3v) is 11.8. The summed E-state index contributed by atoms with van der Waals surface area (Å²) in [6.45, 7) is 20.7. The van der Waals surface area contributed by atoms with Crippen LogP contribution in [0.5, 0.6) is 11.5 Å². The van der Waals surface area contributed by atoms with Crippen molar-refractivity contribution in [3.8, 4) is 22.6 Å². The molecule has 2 fully saturated rings. The van der Waals surface area contributed by atoms with Crippen LogP contribution in [0, 0.1) is 25.7 Å². The number of aliphatic hydroxyl groups is 4. The molecule has 12 heteroatoms. The number of aromatic hydroxyl groups is 2. The largest absolute Gasteiger partial charge is 0.509 e. The molecule has 2 heterocycles. The van der Waals surface area contributed by atoms with Crippen LogP contribution >= 0.6 is 0 Å². The molecule has 306 valence electrons. The number of allylic oxidation sites excluding steroid dienone is 2. The molecule has 12 nitrogen and oxygen atoms in total. The third-order valence-electron chi connectivity index (χ3n) is 11.8. The van der Waals surface area contributed by atoms with E-state index in [9.17, 15) is 30.6 Å². The first-order valence-electron chi connectivity index (χ1n) is 20.4. The summed E-state index contributed by atoms with van der Waals surface area (Å²) >= 11 is 0. The van der Waals surface area contributed by atoms with Gasteiger partial charge in [0.2, 0.25) is 0 Å². The van der Waals surface area contributed by atoms with Gasteiger partial charge in [-0.1, -0.05) is 39.8 Å². The number of phenols is 2. The molecule has 0 spiro atoms. The Hall–Kier alpha value is -3.78. The molecule has 2 saturated heterocycles. The lowest BCUT2D eigenvalue weighted by molar-refractivity contribution is 0.0377. The highest BCUT2D eigenvalue weighted by atomic mass is 16.5. The normalized spacial score (nSPS) is 24.0. The van der Waals surface area contributed by atoms with Gasteiger partial charge >= 0.3 is 0 Å². The first kappa shape index (κ1) is 41.8. The van der Waals surface area contributed by atoms with Crippen molar-refractivity contribution in [2.75, 3.05) is 78.8 Å². The Morgan fingerprint density at radius 2 is 1.00 bits per heavy atom. The summed E-state index contributed by atoms with van der Waals surface area (Å²) in [7, 11) is 0. The Morgan fingerprint density at radius 1 is 0.643 bits per heavy atom. The van der Waals surface area contributed by atoms with Gasteiger partial charge in [-0.05, 0) is 60.8 Å². The van der Waals surface area contributed by atoms with Crippen LogP contribution in [0.3, 0.4) is 0 Å². The molecule has 2 aliphatic heterocycles. The van der Waals surface area contributed by atoms with Gasteiger partial charge in [-0.15, -0.1) is 0 Å². The molecule has 0 saturated carbocycles. The maximum absolute atomic E-state index is 12.4. The minimum atomic E-state index is -1.33. The summed E-state index contributed by atoms with van der Waals surface area (Å²) in [5.74, 6) is -2.51. The SMILES string of the molecule is Cc1cc2c(c(O)c1-c1c(C)cc3c(c1O)C(C=NCCCN1CCOCC1)C(O)C(O)=C3C(C)C)C(C=NCCCN1CCOCC1)C(O)C(O)=C2C(C)C. The van der Waals surface area contributed by atoms with E-state index in [2.05, 4.69) is 9.80 Å². The molecule has 2 aliphatic carbocycles. The molecule has 4 atom stereocenters. The smallest absolute Gasteiger partial charge is 0.128 e. The molecule has 0 bridgehead atoms. The zero-order chi connectivity index (χ0) is 40.3. The van der Waals surface area contributed by atoms with Gasteiger partial charge in [-0.3, -0.25) is 19.8 Å². The topological polar surface area (TPSA) is 171 Å². The van der Waals surface area contributed by atoms with E-state index in [1.165, 1.54) is 0 Å². The summed E-state index contributed by atoms with van der Waals surface area (Å²) < 4.78 is 10.9. The molecular weight excluding hydrogens is 713 g/mol. The van der Waals surface area contributed by atoms with E-state index in [1.807, 2.05) is 53.7 Å². The number of hydrogen-bond donors (Lipinski definition) is 6. The zero-order valence-corrected chi connectivity index (χ0v) is 34.0. The van der Waals surface area contributed by atoms with Crippen LogP contribution in [0.25, 0.3) is 22.3 Å². The molecule has 4 unspecified atom stereocenters. The second kappa shape index (κ2) is 18.2. The third kappa shape index (κ3) is 8.42. The molecule has 6 rings (SSSR count). The van der Waals surface area contributed by atoms with Crippen molar-refractivity contribution in [1.82, 2.24) is 9.80 Å². The summed E-state index contributed by atoms with van der Waals surface area (Å²) in [6.07, 6.45) is 2.24. The fourth-order valence-corrected chi connectivity index (χ4v) is 8.96. The number of aryl methyl sites for hydroxylation is 2. The minimum absolute atomic E-state index is 0.111. The number of aliphatic imine (C=N–C) groups is 2. The van der Waals surface area contributed by atoms with Crippen molar-refractivity contribution in [1.29, 1.82) is 0 Å². The fourth-order valence-electron chi connectivity index (χ4n) is 8.96. The first-order chi connectivity index (χ1) is 26.8. The Morgan fingerprint density at radius 3 is 1.34 bits per heavy atom. The van der Waals surface area contributed by atoms with E-state index in [1.54, 1.807) is 12.4 Å². The predicted molar refractivity (Wildman–Crippen MR) is 221 cm³/mol. The van der Waals surface area contributed by atoms with Gasteiger partial charge in [-0.25, -0.2) is 0 Å². The number of nitrogens with zero attached hydrogens (tertiary/aromatic N) is 4. The number of ether oxygens (including phenoxy) is 2. The van der Waals surface area contributed by atoms with E-state index >= 15 is 0 Å². The summed E-state index contributed by atoms with van der Waals surface area (Å²) in [4.78, 5) is 14.1. The van der Waals surface area contributed by atoms with Gasteiger partial charge in [0, 0.05) is 98.2 Å². The van der Waals surface area contributed by atoms with Crippen LogP contribution < -0.4 is 0 Å². The van der Waals surface area contributed by atoms with E-state index in [0.29, 0.717) is 68.7 Å². The van der Waals surface area contributed by atoms with E-state index in [4.69, 9.17) is 19.5 Å². The van der Waals surface area contributed by atoms with Crippen molar-refractivity contribution in [2.45, 2.75) is 78.4 Å². The molecular formula is C44H62N4O8. The molecule has 2 aromatic rings. The van der Waals surface area contributed by atoms with Crippen LogP contribution in [0.1, 0.15) is 85.8 Å². The molecule has 56 heavy (non-hydrogen) atoms. The highest BCUT2D eigenvalue weighted by Gasteiger charge is 2.41. The van der Waals surface area contributed by atoms with Gasteiger partial charge in [-0.2, -0.15) is 0 Å². The van der Waals surface area contributed by atoms with Crippen LogP contribution in [0.4, 0.5) is 0 Å². The molecule has 6 N–H and O–H groups in total. The number of aliphatic hydroxyl groups excluding tert-OH is 4. The quantitative estimate of drug-likeness (QED) is 0.109. The van der Waals surface area contributed by atoms with E-state index < -0.39 is 24.0 Å².